The van der Waals surface area contributed by atoms with Gasteiger partial charge >= 0.3 is 0 Å². The average Bonchev–Trinajstić information content (AvgIpc) is 2.74. The summed E-state index contributed by atoms with van der Waals surface area (Å²) in [4.78, 5) is 28.2. The molecule has 0 bridgehead atoms. The maximum atomic E-state index is 13.3. The van der Waals surface area contributed by atoms with Crippen LogP contribution in [0.4, 0.5) is 5.69 Å². The van der Waals surface area contributed by atoms with Crippen LogP contribution in [0.3, 0.4) is 0 Å². The molecule has 0 aliphatic rings. The van der Waals surface area contributed by atoms with Gasteiger partial charge in [-0.3, -0.25) is 19.5 Å². The normalized spacial score (nSPS) is 11.3. The molecule has 6 nitrogen and oxygen atoms in total. The van der Waals surface area contributed by atoms with E-state index in [4.69, 9.17) is 23.2 Å². The predicted octanol–water partition coefficient (Wildman–Crippen LogP) is 5.77. The van der Waals surface area contributed by atoms with Crippen LogP contribution in [-0.4, -0.2) is 14.5 Å². The van der Waals surface area contributed by atoms with E-state index in [0.717, 1.165) is 0 Å². The summed E-state index contributed by atoms with van der Waals surface area (Å²) in [7, 11) is 0. The van der Waals surface area contributed by atoms with Gasteiger partial charge in [-0.1, -0.05) is 41.4 Å². The number of halogens is 2. The summed E-state index contributed by atoms with van der Waals surface area (Å²) in [5.74, 6) is 0.348. The third-order valence-corrected chi connectivity index (χ3v) is 5.03. The third kappa shape index (κ3) is 3.83. The number of aromatic nitrogens is 2. The molecule has 4 rings (SSSR count). The number of non-ortho nitro benzene ring substituents is 1. The molecule has 0 N–H and O–H groups in total. The molecule has 0 atom stereocenters. The molecule has 0 radical (unpaired) electrons. The van der Waals surface area contributed by atoms with Gasteiger partial charge in [0, 0.05) is 17.2 Å². The van der Waals surface area contributed by atoms with E-state index < -0.39 is 4.92 Å². The number of benzene rings is 3. The first-order chi connectivity index (χ1) is 14.4. The highest BCUT2D eigenvalue weighted by molar-refractivity contribution is 6.34. The second-order valence-electron chi connectivity index (χ2n) is 6.41. The number of hydrogen-bond acceptors (Lipinski definition) is 4. The number of nitro groups is 1. The van der Waals surface area contributed by atoms with Crippen LogP contribution >= 0.6 is 23.2 Å². The number of rotatable bonds is 4. The predicted molar refractivity (Wildman–Crippen MR) is 119 cm³/mol. The van der Waals surface area contributed by atoms with Gasteiger partial charge in [-0.2, -0.15) is 0 Å². The minimum atomic E-state index is -0.461. The van der Waals surface area contributed by atoms with Gasteiger partial charge in [0.2, 0.25) is 0 Å². The van der Waals surface area contributed by atoms with Crippen LogP contribution < -0.4 is 5.56 Å². The fourth-order valence-corrected chi connectivity index (χ4v) is 3.40. The highest BCUT2D eigenvalue weighted by Crippen LogP contribution is 2.25. The summed E-state index contributed by atoms with van der Waals surface area (Å²) in [6, 6.07) is 17.9. The van der Waals surface area contributed by atoms with Crippen molar-refractivity contribution in [3.8, 4) is 5.69 Å². The maximum Gasteiger partial charge on any atom is 0.269 e. The number of fused-ring (bicyclic) bond motifs is 1. The Morgan fingerprint density at radius 3 is 2.43 bits per heavy atom. The van der Waals surface area contributed by atoms with Crippen molar-refractivity contribution in [2.45, 2.75) is 0 Å². The molecular weight excluding hydrogens is 425 g/mol. The molecule has 0 saturated carbocycles. The standard InChI is InChI=1S/C22H13Cl2N3O3/c23-15-8-11-18(24)20(13-15)26-21(25-19-4-2-1-3-17(19)22(26)28)12-7-14-5-9-16(10-6-14)27(29)30/h1-13H/b12-7+. The number of nitrogens with zero attached hydrogens (tertiary/aromatic N) is 3. The van der Waals surface area contributed by atoms with Crippen molar-refractivity contribution in [2.75, 3.05) is 0 Å². The Morgan fingerprint density at radius 2 is 1.70 bits per heavy atom. The van der Waals surface area contributed by atoms with Crippen LogP contribution in [0.2, 0.25) is 10.0 Å². The first kappa shape index (κ1) is 19.8. The smallest absolute Gasteiger partial charge is 0.268 e. The second-order valence-corrected chi connectivity index (χ2v) is 7.25. The third-order valence-electron chi connectivity index (χ3n) is 4.48. The van der Waals surface area contributed by atoms with Crippen molar-refractivity contribution in [1.82, 2.24) is 9.55 Å². The lowest BCUT2D eigenvalue weighted by Crippen LogP contribution is -2.22. The largest absolute Gasteiger partial charge is 0.269 e. The van der Waals surface area contributed by atoms with Gasteiger partial charge in [-0.15, -0.1) is 0 Å². The van der Waals surface area contributed by atoms with Crippen molar-refractivity contribution in [3.63, 3.8) is 0 Å². The van der Waals surface area contributed by atoms with E-state index in [1.54, 1.807) is 66.7 Å². The highest BCUT2D eigenvalue weighted by Gasteiger charge is 2.14. The van der Waals surface area contributed by atoms with Gasteiger partial charge in [0.1, 0.15) is 5.82 Å². The SMILES string of the molecule is O=c1c2ccccc2nc(/C=C/c2ccc([N+](=O)[O-])cc2)n1-c1cc(Cl)ccc1Cl. The van der Waals surface area contributed by atoms with Crippen LogP contribution in [0.1, 0.15) is 11.4 Å². The first-order valence-corrected chi connectivity index (χ1v) is 9.59. The molecule has 30 heavy (non-hydrogen) atoms. The van der Waals surface area contributed by atoms with Crippen molar-refractivity contribution in [2.24, 2.45) is 0 Å². The monoisotopic (exact) mass is 437 g/mol. The molecular formula is C22H13Cl2N3O3. The molecule has 3 aromatic carbocycles. The molecule has 0 saturated heterocycles. The average molecular weight is 438 g/mol. The van der Waals surface area contributed by atoms with E-state index in [9.17, 15) is 14.9 Å². The van der Waals surface area contributed by atoms with Gasteiger partial charge in [0.25, 0.3) is 11.2 Å². The van der Waals surface area contributed by atoms with E-state index in [1.165, 1.54) is 16.7 Å². The number of nitro benzene ring substituents is 1. The molecule has 1 aromatic heterocycles. The Hall–Kier alpha value is -3.48. The molecule has 0 aliphatic carbocycles. The molecule has 1 heterocycles. The van der Waals surface area contributed by atoms with Gasteiger partial charge in [-0.25, -0.2) is 4.98 Å². The van der Waals surface area contributed by atoms with Gasteiger partial charge in [-0.05, 0) is 54.1 Å². The Morgan fingerprint density at radius 1 is 0.967 bits per heavy atom. The molecule has 0 unspecified atom stereocenters. The Balaban J connectivity index is 1.91. The summed E-state index contributed by atoms with van der Waals surface area (Å²) in [6.07, 6.45) is 3.38. The Bertz CT molecular complexity index is 1360. The molecule has 148 valence electrons. The first-order valence-electron chi connectivity index (χ1n) is 8.84. The zero-order valence-corrected chi connectivity index (χ0v) is 16.8. The molecule has 0 spiro atoms. The Kier molecular flexibility index (Phi) is 5.35. The van der Waals surface area contributed by atoms with E-state index in [-0.39, 0.29) is 11.2 Å². The van der Waals surface area contributed by atoms with Crippen molar-refractivity contribution < 1.29 is 4.92 Å². The van der Waals surface area contributed by atoms with E-state index in [2.05, 4.69) is 4.98 Å². The van der Waals surface area contributed by atoms with Crippen molar-refractivity contribution in [3.05, 3.63) is 109 Å². The lowest BCUT2D eigenvalue weighted by Gasteiger charge is -2.13. The van der Waals surface area contributed by atoms with Gasteiger partial charge in [0.05, 0.1) is 26.5 Å². The zero-order chi connectivity index (χ0) is 21.3. The van der Waals surface area contributed by atoms with E-state index >= 15 is 0 Å². The van der Waals surface area contributed by atoms with E-state index in [1.807, 2.05) is 0 Å². The van der Waals surface area contributed by atoms with Crippen molar-refractivity contribution >= 4 is 51.9 Å². The maximum absolute atomic E-state index is 13.3. The van der Waals surface area contributed by atoms with E-state index in [0.29, 0.717) is 38.0 Å². The van der Waals surface area contributed by atoms with Crippen LogP contribution in [0, 0.1) is 10.1 Å². The Labute approximate surface area is 180 Å². The zero-order valence-electron chi connectivity index (χ0n) is 15.3. The molecule has 0 amide bonds. The lowest BCUT2D eigenvalue weighted by atomic mass is 10.2. The molecule has 8 heteroatoms. The lowest BCUT2D eigenvalue weighted by molar-refractivity contribution is -0.384. The highest BCUT2D eigenvalue weighted by atomic mass is 35.5. The van der Waals surface area contributed by atoms with Crippen LogP contribution in [0.5, 0.6) is 0 Å². The van der Waals surface area contributed by atoms with Gasteiger partial charge in [0.15, 0.2) is 0 Å². The fourth-order valence-electron chi connectivity index (χ4n) is 3.03. The summed E-state index contributed by atoms with van der Waals surface area (Å²) in [6.45, 7) is 0. The molecule has 4 aromatic rings. The fraction of sp³-hybridized carbons (Fsp3) is 0. The summed E-state index contributed by atoms with van der Waals surface area (Å²) < 4.78 is 1.40. The quantitative estimate of drug-likeness (QED) is 0.299. The summed E-state index contributed by atoms with van der Waals surface area (Å²) in [5, 5.41) is 12.1. The second kappa shape index (κ2) is 8.10. The minimum Gasteiger partial charge on any atom is -0.268 e. The number of hydrogen-bond donors (Lipinski definition) is 0. The van der Waals surface area contributed by atoms with Gasteiger partial charge < -0.3 is 0 Å². The van der Waals surface area contributed by atoms with Crippen molar-refractivity contribution in [1.29, 1.82) is 0 Å². The number of para-hydroxylation sites is 1. The topological polar surface area (TPSA) is 78.0 Å². The summed E-state index contributed by atoms with van der Waals surface area (Å²) >= 11 is 12.5. The van der Waals surface area contributed by atoms with Crippen LogP contribution in [0.15, 0.2) is 71.5 Å². The van der Waals surface area contributed by atoms with Crippen LogP contribution in [-0.2, 0) is 0 Å². The van der Waals surface area contributed by atoms with Crippen LogP contribution in [0.25, 0.3) is 28.7 Å². The molecule has 0 fully saturated rings. The minimum absolute atomic E-state index is 0.00130. The molecule has 0 aliphatic heterocycles. The summed E-state index contributed by atoms with van der Waals surface area (Å²) in [5.41, 5.74) is 1.38.